The SMILES string of the molecule is CNCC1(CC2CCC3(CCCCC3)O2)CC2CCC1C2. The minimum atomic E-state index is 0.307. The summed E-state index contributed by atoms with van der Waals surface area (Å²) in [5, 5.41) is 3.52. The van der Waals surface area contributed by atoms with Crippen molar-refractivity contribution in [1.29, 1.82) is 0 Å². The maximum atomic E-state index is 6.70. The molecule has 0 aromatic rings. The van der Waals surface area contributed by atoms with Crippen LogP contribution >= 0.6 is 0 Å². The summed E-state index contributed by atoms with van der Waals surface area (Å²) >= 11 is 0. The molecule has 21 heavy (non-hydrogen) atoms. The number of nitrogens with one attached hydrogen (secondary N) is 1. The Morgan fingerprint density at radius 3 is 2.57 bits per heavy atom. The Kier molecular flexibility index (Phi) is 3.82. The lowest BCUT2D eigenvalue weighted by molar-refractivity contribution is -0.0817. The van der Waals surface area contributed by atoms with E-state index >= 15 is 0 Å². The fourth-order valence-electron chi connectivity index (χ4n) is 6.51. The van der Waals surface area contributed by atoms with Gasteiger partial charge < -0.3 is 10.1 Å². The summed E-state index contributed by atoms with van der Waals surface area (Å²) in [5.41, 5.74) is 0.879. The summed E-state index contributed by atoms with van der Waals surface area (Å²) in [6.07, 6.45) is 17.5. The third kappa shape index (κ3) is 2.57. The average Bonchev–Trinajstić information content (AvgIpc) is 3.16. The molecule has 2 bridgehead atoms. The first-order valence-corrected chi connectivity index (χ1v) is 9.56. The van der Waals surface area contributed by atoms with Crippen molar-refractivity contribution < 1.29 is 4.74 Å². The highest BCUT2D eigenvalue weighted by Crippen LogP contribution is 2.59. The lowest BCUT2D eigenvalue weighted by atomic mass is 9.69. The van der Waals surface area contributed by atoms with Crippen LogP contribution < -0.4 is 5.32 Å². The minimum Gasteiger partial charge on any atom is -0.372 e. The summed E-state index contributed by atoms with van der Waals surface area (Å²) in [7, 11) is 2.14. The van der Waals surface area contributed by atoms with Crippen LogP contribution in [0.5, 0.6) is 0 Å². The van der Waals surface area contributed by atoms with Gasteiger partial charge in [-0.1, -0.05) is 25.7 Å². The zero-order chi connectivity index (χ0) is 14.3. The highest BCUT2D eigenvalue weighted by atomic mass is 16.5. The molecule has 3 saturated carbocycles. The van der Waals surface area contributed by atoms with E-state index in [1.807, 2.05) is 0 Å². The second-order valence-corrected chi connectivity index (χ2v) is 8.70. The van der Waals surface area contributed by atoms with Crippen LogP contribution in [-0.4, -0.2) is 25.3 Å². The molecular formula is C19H33NO. The Morgan fingerprint density at radius 2 is 1.90 bits per heavy atom. The van der Waals surface area contributed by atoms with Gasteiger partial charge in [0.25, 0.3) is 0 Å². The van der Waals surface area contributed by atoms with Crippen molar-refractivity contribution in [3.05, 3.63) is 0 Å². The molecule has 4 rings (SSSR count). The lowest BCUT2D eigenvalue weighted by Gasteiger charge is -2.40. The van der Waals surface area contributed by atoms with Crippen LogP contribution in [0.4, 0.5) is 0 Å². The Bertz CT molecular complexity index is 376. The Hall–Kier alpha value is -0.0800. The van der Waals surface area contributed by atoms with Crippen LogP contribution in [0.25, 0.3) is 0 Å². The molecule has 1 saturated heterocycles. The smallest absolute Gasteiger partial charge is 0.0687 e. The largest absolute Gasteiger partial charge is 0.372 e. The van der Waals surface area contributed by atoms with Gasteiger partial charge in [-0.25, -0.2) is 0 Å². The molecule has 1 aliphatic heterocycles. The van der Waals surface area contributed by atoms with Crippen LogP contribution in [0.15, 0.2) is 0 Å². The van der Waals surface area contributed by atoms with Crippen LogP contribution in [0, 0.1) is 17.3 Å². The van der Waals surface area contributed by atoms with Crippen LogP contribution in [-0.2, 0) is 4.74 Å². The van der Waals surface area contributed by atoms with E-state index in [9.17, 15) is 0 Å². The molecule has 0 aromatic heterocycles. The van der Waals surface area contributed by atoms with Crippen LogP contribution in [0.1, 0.15) is 77.0 Å². The molecule has 4 unspecified atom stereocenters. The summed E-state index contributed by atoms with van der Waals surface area (Å²) in [6, 6.07) is 0. The molecule has 1 heterocycles. The number of fused-ring (bicyclic) bond motifs is 2. The molecule has 0 amide bonds. The number of hydrogen-bond donors (Lipinski definition) is 1. The van der Waals surface area contributed by atoms with Gasteiger partial charge in [0.1, 0.15) is 0 Å². The average molecular weight is 291 g/mol. The van der Waals surface area contributed by atoms with Gasteiger partial charge in [-0.3, -0.25) is 0 Å². The number of hydrogen-bond acceptors (Lipinski definition) is 2. The van der Waals surface area contributed by atoms with Gasteiger partial charge in [-0.15, -0.1) is 0 Å². The van der Waals surface area contributed by atoms with Crippen molar-refractivity contribution in [1.82, 2.24) is 5.32 Å². The van der Waals surface area contributed by atoms with E-state index < -0.39 is 0 Å². The second-order valence-electron chi connectivity index (χ2n) is 8.70. The molecule has 4 aliphatic rings. The first-order chi connectivity index (χ1) is 10.2. The molecule has 0 aromatic carbocycles. The number of ether oxygens (including phenoxy) is 1. The zero-order valence-electron chi connectivity index (χ0n) is 13.8. The fraction of sp³-hybridized carbons (Fsp3) is 1.00. The molecular weight excluding hydrogens is 258 g/mol. The molecule has 1 spiro atoms. The topological polar surface area (TPSA) is 21.3 Å². The third-order valence-corrected chi connectivity index (χ3v) is 7.37. The van der Waals surface area contributed by atoms with Gasteiger partial charge in [0.05, 0.1) is 11.7 Å². The predicted molar refractivity (Wildman–Crippen MR) is 86.3 cm³/mol. The highest BCUT2D eigenvalue weighted by molar-refractivity contribution is 5.03. The van der Waals surface area contributed by atoms with E-state index in [4.69, 9.17) is 4.74 Å². The normalized spacial score (nSPS) is 44.7. The van der Waals surface area contributed by atoms with Crippen LogP contribution in [0.3, 0.4) is 0 Å². The maximum Gasteiger partial charge on any atom is 0.0687 e. The Labute approximate surface area is 130 Å². The van der Waals surface area contributed by atoms with E-state index in [0.717, 1.165) is 11.8 Å². The molecule has 120 valence electrons. The molecule has 0 radical (unpaired) electrons. The quantitative estimate of drug-likeness (QED) is 0.834. The van der Waals surface area contributed by atoms with Gasteiger partial charge in [0.2, 0.25) is 0 Å². The second kappa shape index (κ2) is 5.53. The molecule has 4 fully saturated rings. The number of rotatable bonds is 4. The zero-order valence-corrected chi connectivity index (χ0v) is 13.8. The molecule has 4 atom stereocenters. The van der Waals surface area contributed by atoms with E-state index in [2.05, 4.69) is 12.4 Å². The first-order valence-electron chi connectivity index (χ1n) is 9.56. The Morgan fingerprint density at radius 1 is 1.05 bits per heavy atom. The molecule has 2 nitrogen and oxygen atoms in total. The van der Waals surface area contributed by atoms with Gasteiger partial charge in [-0.2, -0.15) is 0 Å². The van der Waals surface area contributed by atoms with Crippen molar-refractivity contribution in [3.8, 4) is 0 Å². The summed E-state index contributed by atoms with van der Waals surface area (Å²) < 4.78 is 6.70. The Balaban J connectivity index is 1.42. The monoisotopic (exact) mass is 291 g/mol. The van der Waals surface area contributed by atoms with E-state index in [0.29, 0.717) is 17.1 Å². The van der Waals surface area contributed by atoms with E-state index in [-0.39, 0.29) is 0 Å². The minimum absolute atomic E-state index is 0.307. The van der Waals surface area contributed by atoms with E-state index in [1.165, 1.54) is 83.6 Å². The van der Waals surface area contributed by atoms with Crippen molar-refractivity contribution in [2.45, 2.75) is 88.8 Å². The van der Waals surface area contributed by atoms with Gasteiger partial charge in [0.15, 0.2) is 0 Å². The van der Waals surface area contributed by atoms with Crippen molar-refractivity contribution in [2.24, 2.45) is 17.3 Å². The third-order valence-electron chi connectivity index (χ3n) is 7.37. The summed E-state index contributed by atoms with van der Waals surface area (Å²) in [6.45, 7) is 1.22. The fourth-order valence-corrected chi connectivity index (χ4v) is 6.51. The van der Waals surface area contributed by atoms with Crippen molar-refractivity contribution in [2.75, 3.05) is 13.6 Å². The molecule has 3 aliphatic carbocycles. The summed E-state index contributed by atoms with van der Waals surface area (Å²) in [4.78, 5) is 0. The maximum absolute atomic E-state index is 6.70. The lowest BCUT2D eigenvalue weighted by Crippen LogP contribution is -2.41. The van der Waals surface area contributed by atoms with E-state index in [1.54, 1.807) is 0 Å². The van der Waals surface area contributed by atoms with Gasteiger partial charge in [-0.05, 0) is 75.7 Å². The molecule has 1 N–H and O–H groups in total. The molecule has 2 heteroatoms. The van der Waals surface area contributed by atoms with Crippen LogP contribution in [0.2, 0.25) is 0 Å². The standard InChI is InChI=1S/C19H33NO/c1-20-14-18(12-15-5-6-16(18)11-15)13-17-7-10-19(21-17)8-3-2-4-9-19/h15-17,20H,2-14H2,1H3. The van der Waals surface area contributed by atoms with Gasteiger partial charge >= 0.3 is 0 Å². The van der Waals surface area contributed by atoms with Gasteiger partial charge in [0, 0.05) is 6.54 Å². The first kappa shape index (κ1) is 14.5. The van der Waals surface area contributed by atoms with Crippen molar-refractivity contribution in [3.63, 3.8) is 0 Å². The van der Waals surface area contributed by atoms with Crippen molar-refractivity contribution >= 4 is 0 Å². The highest BCUT2D eigenvalue weighted by Gasteiger charge is 2.52. The summed E-state index contributed by atoms with van der Waals surface area (Å²) in [5.74, 6) is 2.02. The predicted octanol–water partition coefficient (Wildman–Crippen LogP) is 4.28.